The van der Waals surface area contributed by atoms with Gasteiger partial charge in [0.15, 0.2) is 11.6 Å². The quantitative estimate of drug-likeness (QED) is 0.620. The van der Waals surface area contributed by atoms with Crippen LogP contribution in [-0.4, -0.2) is 24.5 Å². The van der Waals surface area contributed by atoms with Gasteiger partial charge in [0.2, 0.25) is 0 Å². The van der Waals surface area contributed by atoms with Gasteiger partial charge in [0, 0.05) is 23.7 Å². The molecule has 0 radical (unpaired) electrons. The summed E-state index contributed by atoms with van der Waals surface area (Å²) in [6.45, 7) is 1.50. The second-order valence-electron chi connectivity index (χ2n) is 7.79. The fourth-order valence-electron chi connectivity index (χ4n) is 4.32. The third-order valence-corrected chi connectivity index (χ3v) is 5.91. The molecule has 0 bridgehead atoms. The largest absolute Gasteiger partial charge is 0.387 e. The maximum Gasteiger partial charge on any atom is 0.258 e. The number of amides is 1. The molecular weight excluding hydrogens is 400 g/mol. The lowest BCUT2D eigenvalue weighted by molar-refractivity contribution is -0.115. The summed E-state index contributed by atoms with van der Waals surface area (Å²) < 4.78 is 0. The molecule has 0 unspecified atom stereocenters. The first kappa shape index (κ1) is 19.7. The van der Waals surface area contributed by atoms with Crippen LogP contribution in [0.3, 0.4) is 0 Å². The highest BCUT2D eigenvalue weighted by atomic mass is 16.2. The molecule has 5 rings (SSSR count). The minimum Gasteiger partial charge on any atom is -0.387 e. The van der Waals surface area contributed by atoms with Gasteiger partial charge in [0.05, 0.1) is 22.5 Å². The van der Waals surface area contributed by atoms with E-state index in [4.69, 9.17) is 0 Å². The molecular formula is C27H20N2O3. The average Bonchev–Trinajstić information content (AvgIpc) is 3.17. The molecule has 156 valence electrons. The van der Waals surface area contributed by atoms with Crippen molar-refractivity contribution < 1.29 is 14.4 Å². The molecule has 0 atom stereocenters. The number of Topliss-reactive ketones (excluding diaryl/α,β-unsaturated/α-hetero) is 2. The van der Waals surface area contributed by atoms with Gasteiger partial charge >= 0.3 is 0 Å². The van der Waals surface area contributed by atoms with Crippen molar-refractivity contribution in [2.75, 3.05) is 7.05 Å². The fourth-order valence-corrected chi connectivity index (χ4v) is 4.32. The highest BCUT2D eigenvalue weighted by Gasteiger charge is 2.40. The van der Waals surface area contributed by atoms with Gasteiger partial charge in [-0.1, -0.05) is 66.7 Å². The highest BCUT2D eigenvalue weighted by molar-refractivity contribution is 6.33. The highest BCUT2D eigenvalue weighted by Crippen LogP contribution is 2.41. The van der Waals surface area contributed by atoms with Gasteiger partial charge in [0.1, 0.15) is 0 Å². The second kappa shape index (κ2) is 7.46. The van der Waals surface area contributed by atoms with E-state index in [1.807, 2.05) is 48.5 Å². The number of benzene rings is 3. The zero-order chi connectivity index (χ0) is 22.4. The Bertz CT molecular complexity index is 1360. The number of hydrogen-bond donors (Lipinski definition) is 2. The van der Waals surface area contributed by atoms with Crippen LogP contribution in [-0.2, 0) is 4.79 Å². The van der Waals surface area contributed by atoms with Crippen molar-refractivity contribution in [3.05, 3.63) is 106 Å². The Hall–Kier alpha value is -4.25. The standard InChI is InChI=1S/C27H20N2O3/c1-15(30)16-8-10-18(11-9-16)24-22-23(27(32)29-24)25(28-2)20-13-12-19(14-21(20)26(22)31)17-6-4-3-5-7-17/h3-14,28H,1-2H3,(H,29,32). The smallest absolute Gasteiger partial charge is 0.258 e. The van der Waals surface area contributed by atoms with E-state index in [2.05, 4.69) is 10.6 Å². The molecule has 0 saturated carbocycles. The Morgan fingerprint density at radius 3 is 2.12 bits per heavy atom. The van der Waals surface area contributed by atoms with Crippen LogP contribution in [0.5, 0.6) is 0 Å². The van der Waals surface area contributed by atoms with Crippen LogP contribution in [0.2, 0.25) is 0 Å². The van der Waals surface area contributed by atoms with Crippen LogP contribution < -0.4 is 10.6 Å². The van der Waals surface area contributed by atoms with Crippen molar-refractivity contribution in [1.82, 2.24) is 10.6 Å². The van der Waals surface area contributed by atoms with Crippen molar-refractivity contribution in [2.45, 2.75) is 6.92 Å². The Kier molecular flexibility index (Phi) is 4.59. The third kappa shape index (κ3) is 2.98. The molecule has 2 aliphatic rings. The number of ketones is 2. The molecule has 1 heterocycles. The predicted molar refractivity (Wildman–Crippen MR) is 124 cm³/mol. The van der Waals surface area contributed by atoms with Crippen LogP contribution in [0.25, 0.3) is 22.5 Å². The Morgan fingerprint density at radius 2 is 1.47 bits per heavy atom. The molecule has 0 spiro atoms. The molecule has 5 heteroatoms. The third-order valence-electron chi connectivity index (χ3n) is 5.91. The Balaban J connectivity index is 1.71. The number of carbonyl (C=O) groups is 3. The summed E-state index contributed by atoms with van der Waals surface area (Å²) in [7, 11) is 1.75. The molecule has 2 N–H and O–H groups in total. The summed E-state index contributed by atoms with van der Waals surface area (Å²) in [4.78, 5) is 38.2. The van der Waals surface area contributed by atoms with Crippen LogP contribution in [0.15, 0.2) is 83.9 Å². The van der Waals surface area contributed by atoms with Crippen LogP contribution in [0.1, 0.15) is 38.8 Å². The first-order valence-electron chi connectivity index (χ1n) is 10.3. The van der Waals surface area contributed by atoms with Crippen LogP contribution in [0, 0.1) is 0 Å². The van der Waals surface area contributed by atoms with Crippen LogP contribution >= 0.6 is 0 Å². The van der Waals surface area contributed by atoms with Crippen molar-refractivity contribution in [1.29, 1.82) is 0 Å². The normalized spacial score (nSPS) is 14.8. The molecule has 0 saturated heterocycles. The van der Waals surface area contributed by atoms with Crippen molar-refractivity contribution in [2.24, 2.45) is 0 Å². The zero-order valence-corrected chi connectivity index (χ0v) is 17.7. The first-order valence-corrected chi connectivity index (χ1v) is 10.3. The molecule has 1 aliphatic heterocycles. The lowest BCUT2D eigenvalue weighted by Crippen LogP contribution is -2.24. The van der Waals surface area contributed by atoms with Gasteiger partial charge in [-0.3, -0.25) is 14.4 Å². The van der Waals surface area contributed by atoms with E-state index in [9.17, 15) is 14.4 Å². The minimum absolute atomic E-state index is 0.0428. The van der Waals surface area contributed by atoms with E-state index in [0.717, 1.165) is 11.1 Å². The van der Waals surface area contributed by atoms with E-state index in [1.165, 1.54) is 6.92 Å². The summed E-state index contributed by atoms with van der Waals surface area (Å²) in [5, 5.41) is 6.00. The monoisotopic (exact) mass is 420 g/mol. The van der Waals surface area contributed by atoms with Gasteiger partial charge < -0.3 is 10.6 Å². The molecule has 0 aromatic heterocycles. The topological polar surface area (TPSA) is 75.3 Å². The minimum atomic E-state index is -0.318. The van der Waals surface area contributed by atoms with Crippen molar-refractivity contribution in [3.8, 4) is 11.1 Å². The molecule has 32 heavy (non-hydrogen) atoms. The van der Waals surface area contributed by atoms with Gasteiger partial charge in [0.25, 0.3) is 5.91 Å². The van der Waals surface area contributed by atoms with Crippen molar-refractivity contribution >= 4 is 28.9 Å². The number of fused-ring (bicyclic) bond motifs is 2. The van der Waals surface area contributed by atoms with E-state index in [-0.39, 0.29) is 17.5 Å². The number of rotatable bonds is 4. The molecule has 3 aromatic rings. The molecule has 3 aromatic carbocycles. The molecule has 5 nitrogen and oxygen atoms in total. The summed E-state index contributed by atoms with van der Waals surface area (Å²) in [6.07, 6.45) is 0. The summed E-state index contributed by atoms with van der Waals surface area (Å²) in [5.41, 5.74) is 6.25. The number of hydrogen-bond acceptors (Lipinski definition) is 4. The molecule has 0 fully saturated rings. The van der Waals surface area contributed by atoms with Crippen molar-refractivity contribution in [3.63, 3.8) is 0 Å². The average molecular weight is 420 g/mol. The van der Waals surface area contributed by atoms with Gasteiger partial charge in [-0.15, -0.1) is 0 Å². The zero-order valence-electron chi connectivity index (χ0n) is 17.7. The maximum absolute atomic E-state index is 13.7. The molecule has 1 amide bonds. The van der Waals surface area contributed by atoms with E-state index in [1.54, 1.807) is 31.3 Å². The van der Waals surface area contributed by atoms with E-state index in [0.29, 0.717) is 44.8 Å². The lowest BCUT2D eigenvalue weighted by Gasteiger charge is -2.22. The first-order chi connectivity index (χ1) is 15.5. The summed E-state index contributed by atoms with van der Waals surface area (Å²) >= 11 is 0. The van der Waals surface area contributed by atoms with Gasteiger partial charge in [-0.2, -0.15) is 0 Å². The number of nitrogens with one attached hydrogen (secondary N) is 2. The van der Waals surface area contributed by atoms with Gasteiger partial charge in [-0.25, -0.2) is 0 Å². The van der Waals surface area contributed by atoms with Crippen LogP contribution in [0.4, 0.5) is 0 Å². The Labute approximate surface area is 185 Å². The second-order valence-corrected chi connectivity index (χ2v) is 7.79. The fraction of sp³-hybridized carbons (Fsp3) is 0.0741. The number of carbonyl (C=O) groups excluding carboxylic acids is 3. The lowest BCUT2D eigenvalue weighted by atomic mass is 9.82. The SMILES string of the molecule is CNC1=C2C(=O)NC(c3ccc(C(C)=O)cc3)=C2C(=O)c2cc(-c3ccccc3)ccc21. The summed E-state index contributed by atoms with van der Waals surface area (Å²) in [5.74, 6) is -0.560. The van der Waals surface area contributed by atoms with E-state index < -0.39 is 0 Å². The summed E-state index contributed by atoms with van der Waals surface area (Å²) in [6, 6.07) is 22.5. The predicted octanol–water partition coefficient (Wildman–Crippen LogP) is 4.22. The van der Waals surface area contributed by atoms with Gasteiger partial charge in [-0.05, 0) is 29.7 Å². The van der Waals surface area contributed by atoms with E-state index >= 15 is 0 Å². The maximum atomic E-state index is 13.7. The molecule has 1 aliphatic carbocycles. The Morgan fingerprint density at radius 1 is 0.781 bits per heavy atom.